The fourth-order valence-electron chi connectivity index (χ4n) is 1.81. The average molecular weight is 323 g/mol. The van der Waals surface area contributed by atoms with Crippen molar-refractivity contribution in [2.24, 2.45) is 0 Å². The standard InChI is InChI=1S/C14H15BrN2O2/c1-3-5-11-12(15)14(18)17-13(16-11)9-6-4-7-10(8-9)19-2/h4,6-8H,3,5H2,1-2H3,(H,16,17,18). The zero-order valence-corrected chi connectivity index (χ0v) is 12.5. The lowest BCUT2D eigenvalue weighted by molar-refractivity contribution is 0.415. The number of aromatic amines is 1. The number of nitrogens with zero attached hydrogens (tertiary/aromatic N) is 1. The van der Waals surface area contributed by atoms with E-state index in [0.29, 0.717) is 10.3 Å². The van der Waals surface area contributed by atoms with Gasteiger partial charge in [0.25, 0.3) is 5.56 Å². The molecule has 0 aliphatic heterocycles. The molecular formula is C14H15BrN2O2. The first kappa shape index (κ1) is 13.8. The normalized spacial score (nSPS) is 10.5. The van der Waals surface area contributed by atoms with Gasteiger partial charge in [0.1, 0.15) is 16.0 Å². The highest BCUT2D eigenvalue weighted by atomic mass is 79.9. The van der Waals surface area contributed by atoms with E-state index in [1.165, 1.54) is 0 Å². The van der Waals surface area contributed by atoms with Gasteiger partial charge in [0.05, 0.1) is 12.8 Å². The van der Waals surface area contributed by atoms with Crippen molar-refractivity contribution in [1.82, 2.24) is 9.97 Å². The smallest absolute Gasteiger partial charge is 0.265 e. The van der Waals surface area contributed by atoms with Gasteiger partial charge in [0.15, 0.2) is 0 Å². The summed E-state index contributed by atoms with van der Waals surface area (Å²) < 4.78 is 5.69. The monoisotopic (exact) mass is 322 g/mol. The number of benzene rings is 1. The molecule has 0 amide bonds. The molecule has 0 spiro atoms. The Hall–Kier alpha value is -1.62. The summed E-state index contributed by atoms with van der Waals surface area (Å²) in [6.45, 7) is 2.06. The van der Waals surface area contributed by atoms with Crippen molar-refractivity contribution >= 4 is 15.9 Å². The molecule has 0 aliphatic carbocycles. The summed E-state index contributed by atoms with van der Waals surface area (Å²) in [5.74, 6) is 1.30. The van der Waals surface area contributed by atoms with Crippen molar-refractivity contribution in [2.75, 3.05) is 7.11 Å². The van der Waals surface area contributed by atoms with Gasteiger partial charge in [-0.15, -0.1) is 0 Å². The molecule has 0 aliphatic rings. The van der Waals surface area contributed by atoms with Gasteiger partial charge in [-0.3, -0.25) is 4.79 Å². The molecule has 2 aromatic rings. The molecular weight excluding hydrogens is 308 g/mol. The summed E-state index contributed by atoms with van der Waals surface area (Å²) in [5, 5.41) is 0. The van der Waals surface area contributed by atoms with E-state index in [4.69, 9.17) is 4.74 Å². The van der Waals surface area contributed by atoms with Crippen LogP contribution in [0.25, 0.3) is 11.4 Å². The van der Waals surface area contributed by atoms with E-state index in [1.807, 2.05) is 24.3 Å². The zero-order valence-electron chi connectivity index (χ0n) is 10.9. The number of rotatable bonds is 4. The van der Waals surface area contributed by atoms with Crippen molar-refractivity contribution in [3.05, 3.63) is 44.8 Å². The molecule has 1 aromatic carbocycles. The van der Waals surface area contributed by atoms with Crippen molar-refractivity contribution in [1.29, 1.82) is 0 Å². The van der Waals surface area contributed by atoms with Crippen LogP contribution in [-0.2, 0) is 6.42 Å². The molecule has 0 saturated carbocycles. The van der Waals surface area contributed by atoms with Gasteiger partial charge in [-0.2, -0.15) is 0 Å². The highest BCUT2D eigenvalue weighted by Gasteiger charge is 2.10. The van der Waals surface area contributed by atoms with Gasteiger partial charge in [-0.25, -0.2) is 4.98 Å². The van der Waals surface area contributed by atoms with Crippen molar-refractivity contribution in [3.8, 4) is 17.1 Å². The molecule has 19 heavy (non-hydrogen) atoms. The predicted molar refractivity (Wildman–Crippen MR) is 78.5 cm³/mol. The number of methoxy groups -OCH3 is 1. The van der Waals surface area contributed by atoms with E-state index in [-0.39, 0.29) is 5.56 Å². The second-order valence-corrected chi connectivity index (χ2v) is 4.95. The number of nitrogens with one attached hydrogen (secondary N) is 1. The summed E-state index contributed by atoms with van der Waals surface area (Å²) in [6, 6.07) is 7.47. The van der Waals surface area contributed by atoms with Crippen LogP contribution >= 0.6 is 15.9 Å². The Balaban J connectivity index is 2.52. The van der Waals surface area contributed by atoms with Gasteiger partial charge in [0, 0.05) is 5.56 Å². The van der Waals surface area contributed by atoms with Crippen LogP contribution in [0.1, 0.15) is 19.0 Å². The summed E-state index contributed by atoms with van der Waals surface area (Å²) in [5.41, 5.74) is 1.46. The lowest BCUT2D eigenvalue weighted by Crippen LogP contribution is -2.13. The third-order valence-electron chi connectivity index (χ3n) is 2.76. The number of aromatic nitrogens is 2. The maximum atomic E-state index is 11.9. The molecule has 2 rings (SSSR count). The third-order valence-corrected chi connectivity index (χ3v) is 3.58. The predicted octanol–water partition coefficient (Wildman–Crippen LogP) is 3.16. The van der Waals surface area contributed by atoms with E-state index >= 15 is 0 Å². The molecule has 4 nitrogen and oxygen atoms in total. The third kappa shape index (κ3) is 3.04. The van der Waals surface area contributed by atoms with E-state index in [2.05, 4.69) is 32.8 Å². The Labute approximate surface area is 120 Å². The fourth-order valence-corrected chi connectivity index (χ4v) is 2.20. The second-order valence-electron chi connectivity index (χ2n) is 4.16. The summed E-state index contributed by atoms with van der Waals surface area (Å²) in [7, 11) is 1.61. The minimum absolute atomic E-state index is 0.156. The number of hydrogen-bond acceptors (Lipinski definition) is 3. The van der Waals surface area contributed by atoms with Gasteiger partial charge in [0.2, 0.25) is 0 Å². The van der Waals surface area contributed by atoms with E-state index in [1.54, 1.807) is 7.11 Å². The second kappa shape index (κ2) is 6.02. The maximum absolute atomic E-state index is 11.9. The Morgan fingerprint density at radius 1 is 1.42 bits per heavy atom. The van der Waals surface area contributed by atoms with Crippen molar-refractivity contribution in [3.63, 3.8) is 0 Å². The Bertz CT molecular complexity index is 638. The van der Waals surface area contributed by atoms with E-state index < -0.39 is 0 Å². The number of hydrogen-bond donors (Lipinski definition) is 1. The van der Waals surface area contributed by atoms with Crippen LogP contribution in [0.5, 0.6) is 5.75 Å². The zero-order chi connectivity index (χ0) is 13.8. The first-order valence-electron chi connectivity index (χ1n) is 6.08. The Kier molecular flexibility index (Phi) is 4.37. The first-order chi connectivity index (χ1) is 9.15. The number of H-pyrrole nitrogens is 1. The molecule has 0 atom stereocenters. The van der Waals surface area contributed by atoms with E-state index in [0.717, 1.165) is 29.8 Å². The SMILES string of the molecule is CCCc1nc(-c2cccc(OC)c2)[nH]c(=O)c1Br. The molecule has 0 fully saturated rings. The quantitative estimate of drug-likeness (QED) is 0.940. The Morgan fingerprint density at radius 2 is 2.21 bits per heavy atom. The highest BCUT2D eigenvalue weighted by Crippen LogP contribution is 2.21. The van der Waals surface area contributed by atoms with Crippen LogP contribution < -0.4 is 10.3 Å². The lowest BCUT2D eigenvalue weighted by Gasteiger charge is -2.07. The first-order valence-corrected chi connectivity index (χ1v) is 6.88. The van der Waals surface area contributed by atoms with Crippen LogP contribution in [0.15, 0.2) is 33.5 Å². The number of ether oxygens (including phenoxy) is 1. The molecule has 0 radical (unpaired) electrons. The van der Waals surface area contributed by atoms with Gasteiger partial charge in [-0.05, 0) is 34.5 Å². The highest BCUT2D eigenvalue weighted by molar-refractivity contribution is 9.10. The van der Waals surface area contributed by atoms with Crippen molar-refractivity contribution < 1.29 is 4.74 Å². The number of aryl methyl sites for hydroxylation is 1. The molecule has 1 N–H and O–H groups in total. The Morgan fingerprint density at radius 3 is 2.89 bits per heavy atom. The van der Waals surface area contributed by atoms with Crippen LogP contribution in [-0.4, -0.2) is 17.1 Å². The minimum atomic E-state index is -0.156. The minimum Gasteiger partial charge on any atom is -0.497 e. The van der Waals surface area contributed by atoms with Crippen LogP contribution in [0.3, 0.4) is 0 Å². The van der Waals surface area contributed by atoms with Crippen LogP contribution in [0.2, 0.25) is 0 Å². The molecule has 0 unspecified atom stereocenters. The summed E-state index contributed by atoms with van der Waals surface area (Å²) in [4.78, 5) is 19.2. The topological polar surface area (TPSA) is 55.0 Å². The molecule has 1 heterocycles. The fraction of sp³-hybridized carbons (Fsp3) is 0.286. The van der Waals surface area contributed by atoms with Crippen LogP contribution in [0.4, 0.5) is 0 Å². The summed E-state index contributed by atoms with van der Waals surface area (Å²) >= 11 is 3.29. The average Bonchev–Trinajstić information content (AvgIpc) is 2.44. The van der Waals surface area contributed by atoms with Gasteiger partial charge in [-0.1, -0.05) is 25.5 Å². The van der Waals surface area contributed by atoms with E-state index in [9.17, 15) is 4.79 Å². The molecule has 100 valence electrons. The molecule has 0 saturated heterocycles. The molecule has 0 bridgehead atoms. The maximum Gasteiger partial charge on any atom is 0.265 e. The summed E-state index contributed by atoms with van der Waals surface area (Å²) in [6.07, 6.45) is 1.70. The molecule has 5 heteroatoms. The van der Waals surface area contributed by atoms with Crippen LogP contribution in [0, 0.1) is 0 Å². The molecule has 1 aromatic heterocycles. The lowest BCUT2D eigenvalue weighted by atomic mass is 10.2. The number of halogens is 1. The van der Waals surface area contributed by atoms with Crippen molar-refractivity contribution in [2.45, 2.75) is 19.8 Å². The van der Waals surface area contributed by atoms with Gasteiger partial charge < -0.3 is 9.72 Å². The largest absolute Gasteiger partial charge is 0.497 e. The van der Waals surface area contributed by atoms with Gasteiger partial charge >= 0.3 is 0 Å².